The van der Waals surface area contributed by atoms with E-state index in [4.69, 9.17) is 9.47 Å². The summed E-state index contributed by atoms with van der Waals surface area (Å²) in [5.41, 5.74) is 0.929. The molecule has 0 aliphatic rings. The number of carbonyl (C=O) groups excluding carboxylic acids is 2. The van der Waals surface area contributed by atoms with Gasteiger partial charge in [-0.2, -0.15) is 27.0 Å². The van der Waals surface area contributed by atoms with E-state index in [1.165, 1.54) is 0 Å². The van der Waals surface area contributed by atoms with Crippen LogP contribution in [0.3, 0.4) is 0 Å². The van der Waals surface area contributed by atoms with Crippen molar-refractivity contribution in [2.24, 2.45) is 0 Å². The van der Waals surface area contributed by atoms with Crippen LogP contribution in [0, 0.1) is 0 Å². The monoisotopic (exact) mass is 375 g/mol. The van der Waals surface area contributed by atoms with E-state index in [2.05, 4.69) is 5.32 Å². The van der Waals surface area contributed by atoms with Crippen molar-refractivity contribution in [2.75, 3.05) is 6.61 Å². The van der Waals surface area contributed by atoms with Crippen molar-refractivity contribution >= 4 is 38.9 Å². The third-order valence-electron chi connectivity index (χ3n) is 3.18. The highest BCUT2D eigenvalue weighted by atomic mass is 32.1. The molecule has 0 bridgehead atoms. The smallest absolute Gasteiger partial charge is 0.323 e. The molecule has 0 spiro atoms. The number of ether oxygens (including phenoxy) is 2. The summed E-state index contributed by atoms with van der Waals surface area (Å²) in [6.45, 7) is 5.98. The molecule has 5 nitrogen and oxygen atoms in total. The summed E-state index contributed by atoms with van der Waals surface area (Å²) >= 11 is 0. The van der Waals surface area contributed by atoms with Gasteiger partial charge in [-0.3, -0.25) is 14.9 Å². The standard InChI is InChI=1S/C17H25NO4.2H2S/c1-4-9-15(17(20)21-5-2)18-13(3)16(19)22-12-14-10-7-6-8-11-14;;/h6-8,10-11,13,15,18H,4-5,9,12H2,1-3H3;2*1H2/t13-,15-;;/m0../s1. The van der Waals surface area contributed by atoms with Crippen LogP contribution >= 0.6 is 27.0 Å². The molecule has 0 aromatic heterocycles. The molecule has 0 heterocycles. The molecule has 7 heteroatoms. The number of nitrogens with one attached hydrogen (secondary N) is 1. The Kier molecular flexibility index (Phi) is 14.8. The lowest BCUT2D eigenvalue weighted by atomic mass is 10.1. The van der Waals surface area contributed by atoms with Gasteiger partial charge < -0.3 is 9.47 Å². The van der Waals surface area contributed by atoms with Gasteiger partial charge in [0.15, 0.2) is 0 Å². The second kappa shape index (κ2) is 14.2. The molecule has 1 rings (SSSR count). The molecule has 1 aromatic rings. The average Bonchev–Trinajstić information content (AvgIpc) is 2.53. The van der Waals surface area contributed by atoms with Crippen molar-refractivity contribution in [1.29, 1.82) is 0 Å². The van der Waals surface area contributed by atoms with Crippen LogP contribution in [0.25, 0.3) is 0 Å². The molecule has 0 fully saturated rings. The first-order chi connectivity index (χ1) is 10.6. The Balaban J connectivity index is 0. The van der Waals surface area contributed by atoms with E-state index < -0.39 is 12.1 Å². The van der Waals surface area contributed by atoms with Crippen molar-refractivity contribution < 1.29 is 19.1 Å². The Labute approximate surface area is 158 Å². The van der Waals surface area contributed by atoms with E-state index >= 15 is 0 Å². The Morgan fingerprint density at radius 2 is 1.67 bits per heavy atom. The Morgan fingerprint density at radius 3 is 2.21 bits per heavy atom. The molecular weight excluding hydrogens is 346 g/mol. The van der Waals surface area contributed by atoms with Crippen molar-refractivity contribution in [1.82, 2.24) is 5.32 Å². The minimum atomic E-state index is -0.565. The molecule has 1 aromatic carbocycles. The van der Waals surface area contributed by atoms with E-state index in [9.17, 15) is 9.59 Å². The van der Waals surface area contributed by atoms with Gasteiger partial charge in [0.1, 0.15) is 18.7 Å². The van der Waals surface area contributed by atoms with Crippen molar-refractivity contribution in [3.8, 4) is 0 Å². The van der Waals surface area contributed by atoms with Gasteiger partial charge in [0.05, 0.1) is 6.61 Å². The lowest BCUT2D eigenvalue weighted by Gasteiger charge is -2.20. The van der Waals surface area contributed by atoms with Crippen molar-refractivity contribution in [3.63, 3.8) is 0 Å². The van der Waals surface area contributed by atoms with Gasteiger partial charge in [-0.15, -0.1) is 0 Å². The topological polar surface area (TPSA) is 64.6 Å². The van der Waals surface area contributed by atoms with Gasteiger partial charge in [0, 0.05) is 0 Å². The first kappa shape index (κ1) is 25.1. The number of rotatable bonds is 9. The molecule has 0 radical (unpaired) electrons. The zero-order valence-corrected chi connectivity index (χ0v) is 16.5. The van der Waals surface area contributed by atoms with Crippen LogP contribution in [-0.4, -0.2) is 30.6 Å². The minimum Gasteiger partial charge on any atom is -0.465 e. The van der Waals surface area contributed by atoms with E-state index in [0.29, 0.717) is 13.0 Å². The first-order valence-corrected chi connectivity index (χ1v) is 7.71. The quantitative estimate of drug-likeness (QED) is 0.672. The number of carbonyl (C=O) groups is 2. The summed E-state index contributed by atoms with van der Waals surface area (Å²) in [6.07, 6.45) is 1.44. The highest BCUT2D eigenvalue weighted by Crippen LogP contribution is 2.05. The molecule has 24 heavy (non-hydrogen) atoms. The van der Waals surface area contributed by atoms with Crippen molar-refractivity contribution in [2.45, 2.75) is 52.3 Å². The van der Waals surface area contributed by atoms with E-state index in [0.717, 1.165) is 12.0 Å². The largest absolute Gasteiger partial charge is 0.465 e. The molecular formula is C17H29NO4S2. The van der Waals surface area contributed by atoms with Gasteiger partial charge in [-0.05, 0) is 25.8 Å². The fraction of sp³-hybridized carbons (Fsp3) is 0.529. The van der Waals surface area contributed by atoms with E-state index in [-0.39, 0.29) is 45.5 Å². The highest BCUT2D eigenvalue weighted by Gasteiger charge is 2.24. The summed E-state index contributed by atoms with van der Waals surface area (Å²) in [7, 11) is 0. The zero-order valence-electron chi connectivity index (χ0n) is 14.5. The summed E-state index contributed by atoms with van der Waals surface area (Å²) in [5, 5.41) is 2.99. The molecule has 0 aliphatic heterocycles. The molecule has 2 atom stereocenters. The van der Waals surface area contributed by atoms with Gasteiger partial charge >= 0.3 is 11.9 Å². The molecule has 0 saturated heterocycles. The fourth-order valence-corrected chi connectivity index (χ4v) is 2.02. The third kappa shape index (κ3) is 9.20. The molecule has 1 N–H and O–H groups in total. The number of esters is 2. The van der Waals surface area contributed by atoms with E-state index in [1.807, 2.05) is 37.3 Å². The summed E-state index contributed by atoms with van der Waals surface area (Å²) in [6, 6.07) is 8.43. The lowest BCUT2D eigenvalue weighted by molar-refractivity contribution is -0.149. The SMILES string of the molecule is CCC[C@H](N[C@@H](C)C(=O)OCc1ccccc1)C(=O)OCC.S.S. The molecule has 138 valence electrons. The van der Waals surface area contributed by atoms with Crippen LogP contribution in [0.4, 0.5) is 0 Å². The predicted octanol–water partition coefficient (Wildman–Crippen LogP) is 2.67. The maximum Gasteiger partial charge on any atom is 0.323 e. The molecule has 0 unspecified atom stereocenters. The van der Waals surface area contributed by atoms with Crippen LogP contribution in [-0.2, 0) is 25.7 Å². The minimum absolute atomic E-state index is 0. The van der Waals surface area contributed by atoms with Crippen LogP contribution in [0.2, 0.25) is 0 Å². The van der Waals surface area contributed by atoms with Crippen LogP contribution in [0.5, 0.6) is 0 Å². The first-order valence-electron chi connectivity index (χ1n) is 7.71. The maximum absolute atomic E-state index is 12.0. The van der Waals surface area contributed by atoms with Crippen LogP contribution in [0.1, 0.15) is 39.2 Å². The molecule has 0 saturated carbocycles. The molecule has 0 aliphatic carbocycles. The fourth-order valence-electron chi connectivity index (χ4n) is 2.02. The van der Waals surface area contributed by atoms with Gasteiger partial charge in [-0.25, -0.2) is 0 Å². The zero-order chi connectivity index (χ0) is 16.4. The average molecular weight is 376 g/mol. The Bertz CT molecular complexity index is 471. The maximum atomic E-state index is 12.0. The van der Waals surface area contributed by atoms with Gasteiger partial charge in [0.25, 0.3) is 0 Å². The summed E-state index contributed by atoms with van der Waals surface area (Å²) in [5.74, 6) is -0.707. The van der Waals surface area contributed by atoms with Gasteiger partial charge in [-0.1, -0.05) is 43.7 Å². The van der Waals surface area contributed by atoms with Gasteiger partial charge in [0.2, 0.25) is 0 Å². The van der Waals surface area contributed by atoms with Crippen LogP contribution < -0.4 is 5.32 Å². The predicted molar refractivity (Wildman–Crippen MR) is 105 cm³/mol. The summed E-state index contributed by atoms with van der Waals surface area (Å²) < 4.78 is 10.3. The highest BCUT2D eigenvalue weighted by molar-refractivity contribution is 7.59. The van der Waals surface area contributed by atoms with E-state index in [1.54, 1.807) is 13.8 Å². The normalized spacial score (nSPS) is 12.1. The Morgan fingerprint density at radius 1 is 1.04 bits per heavy atom. The lowest BCUT2D eigenvalue weighted by Crippen LogP contribution is -2.46. The third-order valence-corrected chi connectivity index (χ3v) is 3.18. The Hall–Kier alpha value is -1.18. The second-order valence-electron chi connectivity index (χ2n) is 5.07. The molecule has 0 amide bonds. The number of hydrogen-bond acceptors (Lipinski definition) is 5. The second-order valence-corrected chi connectivity index (χ2v) is 5.07. The number of hydrogen-bond donors (Lipinski definition) is 1. The van der Waals surface area contributed by atoms with Crippen LogP contribution in [0.15, 0.2) is 30.3 Å². The summed E-state index contributed by atoms with van der Waals surface area (Å²) in [4.78, 5) is 23.8. The number of benzene rings is 1. The van der Waals surface area contributed by atoms with Crippen molar-refractivity contribution in [3.05, 3.63) is 35.9 Å².